The van der Waals surface area contributed by atoms with Crippen LogP contribution in [0, 0.1) is 11.8 Å². The van der Waals surface area contributed by atoms with Crippen LogP contribution in [0.4, 0.5) is 0 Å². The minimum atomic E-state index is 0.903. The van der Waals surface area contributed by atoms with Gasteiger partial charge in [0.25, 0.3) is 0 Å². The molecular formula is C17H24. The van der Waals surface area contributed by atoms with Crippen LogP contribution in [0.3, 0.4) is 0 Å². The van der Waals surface area contributed by atoms with Crippen molar-refractivity contribution in [2.45, 2.75) is 57.3 Å². The topological polar surface area (TPSA) is 0 Å². The van der Waals surface area contributed by atoms with Crippen LogP contribution in [-0.4, -0.2) is 0 Å². The highest BCUT2D eigenvalue weighted by Crippen LogP contribution is 2.50. The zero-order valence-corrected chi connectivity index (χ0v) is 10.8. The Morgan fingerprint density at radius 1 is 0.882 bits per heavy atom. The van der Waals surface area contributed by atoms with E-state index < -0.39 is 0 Å². The van der Waals surface area contributed by atoms with Crippen LogP contribution in [0.5, 0.6) is 0 Å². The molecule has 17 heavy (non-hydrogen) atoms. The normalized spacial score (nSPS) is 29.2. The molecule has 0 heteroatoms. The van der Waals surface area contributed by atoms with Gasteiger partial charge in [-0.3, -0.25) is 0 Å². The van der Waals surface area contributed by atoms with E-state index in [1.165, 1.54) is 51.4 Å². The van der Waals surface area contributed by atoms with Gasteiger partial charge in [0.15, 0.2) is 0 Å². The number of hydrogen-bond donors (Lipinski definition) is 0. The average molecular weight is 228 g/mol. The summed E-state index contributed by atoms with van der Waals surface area (Å²) in [6.07, 6.45) is 12.0. The molecule has 1 aromatic rings. The monoisotopic (exact) mass is 228 g/mol. The maximum atomic E-state index is 2.31. The third-order valence-corrected chi connectivity index (χ3v) is 4.82. The van der Waals surface area contributed by atoms with Gasteiger partial charge in [-0.15, -0.1) is 0 Å². The van der Waals surface area contributed by atoms with Crippen molar-refractivity contribution in [1.29, 1.82) is 0 Å². The molecule has 2 aliphatic rings. The van der Waals surface area contributed by atoms with Crippen molar-refractivity contribution in [3.63, 3.8) is 0 Å². The molecule has 1 unspecified atom stereocenters. The molecule has 0 aliphatic heterocycles. The summed E-state index contributed by atoms with van der Waals surface area (Å²) in [6, 6.07) is 11.1. The molecule has 2 aliphatic carbocycles. The highest BCUT2D eigenvalue weighted by molar-refractivity contribution is 5.25. The molecule has 92 valence electrons. The van der Waals surface area contributed by atoms with E-state index >= 15 is 0 Å². The van der Waals surface area contributed by atoms with Crippen LogP contribution in [0.15, 0.2) is 30.3 Å². The maximum Gasteiger partial charge on any atom is -0.0131 e. The molecule has 0 spiro atoms. The lowest BCUT2D eigenvalue weighted by Gasteiger charge is -2.21. The Kier molecular flexibility index (Phi) is 3.49. The van der Waals surface area contributed by atoms with Crippen LogP contribution in [0.2, 0.25) is 0 Å². The molecule has 0 radical (unpaired) electrons. The minimum absolute atomic E-state index is 0.903. The molecule has 0 nitrogen and oxygen atoms in total. The van der Waals surface area contributed by atoms with Gasteiger partial charge in [0.2, 0.25) is 0 Å². The molecule has 0 aromatic heterocycles. The fourth-order valence-electron chi connectivity index (χ4n) is 3.60. The van der Waals surface area contributed by atoms with E-state index in [0.717, 1.165) is 17.8 Å². The van der Waals surface area contributed by atoms with E-state index in [4.69, 9.17) is 0 Å². The van der Waals surface area contributed by atoms with Crippen LogP contribution in [-0.2, 0) is 0 Å². The van der Waals surface area contributed by atoms with E-state index in [0.29, 0.717) is 0 Å². The summed E-state index contributed by atoms with van der Waals surface area (Å²) in [6.45, 7) is 0. The fraction of sp³-hybridized carbons (Fsp3) is 0.647. The van der Waals surface area contributed by atoms with Gasteiger partial charge in [-0.2, -0.15) is 0 Å². The summed E-state index contributed by atoms with van der Waals surface area (Å²) in [4.78, 5) is 0. The first-order valence-electron chi connectivity index (χ1n) is 7.48. The number of hydrogen-bond acceptors (Lipinski definition) is 0. The second-order valence-electron chi connectivity index (χ2n) is 6.09. The Balaban J connectivity index is 1.43. The van der Waals surface area contributed by atoms with E-state index in [-0.39, 0.29) is 0 Å². The highest BCUT2D eigenvalue weighted by atomic mass is 14.4. The van der Waals surface area contributed by atoms with Gasteiger partial charge in [0.05, 0.1) is 0 Å². The fourth-order valence-corrected chi connectivity index (χ4v) is 3.60. The molecular weight excluding hydrogens is 204 g/mol. The maximum absolute atomic E-state index is 2.31. The van der Waals surface area contributed by atoms with Crippen LogP contribution in [0.1, 0.15) is 62.8 Å². The van der Waals surface area contributed by atoms with E-state index in [1.807, 2.05) is 0 Å². The minimum Gasteiger partial charge on any atom is -0.0622 e. The van der Waals surface area contributed by atoms with Crippen molar-refractivity contribution >= 4 is 0 Å². The molecule has 2 atom stereocenters. The molecule has 3 rings (SSSR count). The molecule has 1 aromatic carbocycles. The Morgan fingerprint density at radius 2 is 1.65 bits per heavy atom. The smallest absolute Gasteiger partial charge is 0.0131 e. The largest absolute Gasteiger partial charge is 0.0622 e. The standard InChI is InChI=1S/C17H24/c1-3-7-14(8-4-1)11-12-16-13-17(16)15-9-5-2-6-10-15/h2,5-6,9-10,14,16-17H,1,3-4,7-8,11-13H2/t16-,17?/m0/s1. The third-order valence-electron chi connectivity index (χ3n) is 4.82. The van der Waals surface area contributed by atoms with Gasteiger partial charge in [-0.1, -0.05) is 68.9 Å². The van der Waals surface area contributed by atoms with E-state index in [9.17, 15) is 0 Å². The van der Waals surface area contributed by atoms with Crippen molar-refractivity contribution in [3.8, 4) is 0 Å². The summed E-state index contributed by atoms with van der Waals surface area (Å²) < 4.78 is 0. The first-order chi connectivity index (χ1) is 8.43. The number of benzene rings is 1. The summed E-state index contributed by atoms with van der Waals surface area (Å²) in [5, 5.41) is 0. The molecule has 2 fully saturated rings. The summed E-state index contributed by atoms with van der Waals surface area (Å²) >= 11 is 0. The van der Waals surface area contributed by atoms with Crippen molar-refractivity contribution in [2.24, 2.45) is 11.8 Å². The molecule has 0 amide bonds. The lowest BCUT2D eigenvalue weighted by molar-refractivity contribution is 0.326. The van der Waals surface area contributed by atoms with E-state index in [2.05, 4.69) is 30.3 Å². The SMILES string of the molecule is c1ccc(C2C[C@@H]2CCC2CCCCC2)cc1. The summed E-state index contributed by atoms with van der Waals surface area (Å²) in [5.41, 5.74) is 1.58. The molecule has 0 bridgehead atoms. The predicted molar refractivity (Wildman–Crippen MR) is 73.1 cm³/mol. The first kappa shape index (κ1) is 11.3. The van der Waals surface area contributed by atoms with Crippen LogP contribution in [0.25, 0.3) is 0 Å². The second kappa shape index (κ2) is 5.25. The molecule has 0 heterocycles. The van der Waals surface area contributed by atoms with E-state index in [1.54, 1.807) is 5.56 Å². The molecule has 0 N–H and O–H groups in total. The quantitative estimate of drug-likeness (QED) is 0.668. The van der Waals surface area contributed by atoms with Crippen molar-refractivity contribution in [2.75, 3.05) is 0 Å². The van der Waals surface area contributed by atoms with Gasteiger partial charge in [-0.05, 0) is 36.2 Å². The highest BCUT2D eigenvalue weighted by Gasteiger charge is 2.37. The first-order valence-corrected chi connectivity index (χ1v) is 7.48. The Bertz CT molecular complexity index is 334. The summed E-state index contributed by atoms with van der Waals surface area (Å²) in [5.74, 6) is 2.99. The van der Waals surface area contributed by atoms with Gasteiger partial charge < -0.3 is 0 Å². The molecule has 0 saturated heterocycles. The lowest BCUT2D eigenvalue weighted by atomic mass is 9.85. The molecule has 2 saturated carbocycles. The van der Waals surface area contributed by atoms with Gasteiger partial charge in [-0.25, -0.2) is 0 Å². The lowest BCUT2D eigenvalue weighted by Crippen LogP contribution is -2.06. The van der Waals surface area contributed by atoms with Crippen molar-refractivity contribution < 1.29 is 0 Å². The third kappa shape index (κ3) is 2.91. The predicted octanol–water partition coefficient (Wildman–Crippen LogP) is 5.15. The second-order valence-corrected chi connectivity index (χ2v) is 6.09. The van der Waals surface area contributed by atoms with Gasteiger partial charge in [0.1, 0.15) is 0 Å². The van der Waals surface area contributed by atoms with Crippen LogP contribution < -0.4 is 0 Å². The average Bonchev–Trinajstić information content (AvgIpc) is 3.18. The number of rotatable bonds is 4. The summed E-state index contributed by atoms with van der Waals surface area (Å²) in [7, 11) is 0. The Morgan fingerprint density at radius 3 is 2.41 bits per heavy atom. The van der Waals surface area contributed by atoms with Crippen molar-refractivity contribution in [1.82, 2.24) is 0 Å². The van der Waals surface area contributed by atoms with Gasteiger partial charge in [0, 0.05) is 0 Å². The van der Waals surface area contributed by atoms with Gasteiger partial charge >= 0.3 is 0 Å². The Hall–Kier alpha value is -0.780. The van der Waals surface area contributed by atoms with Crippen molar-refractivity contribution in [3.05, 3.63) is 35.9 Å². The zero-order valence-electron chi connectivity index (χ0n) is 10.8. The van der Waals surface area contributed by atoms with Crippen LogP contribution >= 0.6 is 0 Å². The zero-order chi connectivity index (χ0) is 11.5. The Labute approximate surface area is 105 Å².